The monoisotopic (exact) mass is 351 g/mol. The minimum absolute atomic E-state index is 0.0819. The van der Waals surface area contributed by atoms with Crippen molar-refractivity contribution in [3.8, 4) is 0 Å². The molecule has 1 unspecified atom stereocenters. The van der Waals surface area contributed by atoms with E-state index in [4.69, 9.17) is 11.6 Å². The minimum atomic E-state index is -0.163. The fourth-order valence-electron chi connectivity index (χ4n) is 2.44. The van der Waals surface area contributed by atoms with Crippen molar-refractivity contribution >= 4 is 28.9 Å². The summed E-state index contributed by atoms with van der Waals surface area (Å²) in [4.78, 5) is 16.6. The zero-order valence-corrected chi connectivity index (χ0v) is 14.5. The second kappa shape index (κ2) is 7.81. The zero-order valence-electron chi connectivity index (χ0n) is 13.7. The second-order valence-electron chi connectivity index (χ2n) is 5.70. The summed E-state index contributed by atoms with van der Waals surface area (Å²) in [6.45, 7) is 1.95. The summed E-state index contributed by atoms with van der Waals surface area (Å²) in [6, 6.07) is 18.9. The van der Waals surface area contributed by atoms with E-state index in [2.05, 4.69) is 15.6 Å². The van der Waals surface area contributed by atoms with Crippen LogP contribution in [0.5, 0.6) is 0 Å². The number of anilines is 2. The highest BCUT2D eigenvalue weighted by Gasteiger charge is 2.12. The van der Waals surface area contributed by atoms with Gasteiger partial charge in [-0.1, -0.05) is 41.9 Å². The fraction of sp³-hybridized carbons (Fsp3) is 0.100. The minimum Gasteiger partial charge on any atom is -0.354 e. The molecule has 1 atom stereocenters. The molecule has 5 heteroatoms. The van der Waals surface area contributed by atoms with Crippen LogP contribution in [0.15, 0.2) is 73.1 Å². The lowest BCUT2D eigenvalue weighted by atomic mass is 10.1. The van der Waals surface area contributed by atoms with Crippen molar-refractivity contribution in [1.29, 1.82) is 0 Å². The van der Waals surface area contributed by atoms with Crippen LogP contribution in [0.4, 0.5) is 11.4 Å². The molecule has 0 aliphatic carbocycles. The predicted molar refractivity (Wildman–Crippen MR) is 101 cm³/mol. The standard InChI is InChI=1S/C20H18ClN3O/c1-14(15-5-3-2-4-6-15)23-20(25)16-11-19(13-22-12-16)24-18-9-7-17(21)8-10-18/h2-14,24H,1H3,(H,23,25). The molecule has 0 radical (unpaired) electrons. The number of nitrogens with zero attached hydrogens (tertiary/aromatic N) is 1. The quantitative estimate of drug-likeness (QED) is 0.682. The van der Waals surface area contributed by atoms with E-state index in [0.29, 0.717) is 10.6 Å². The van der Waals surface area contributed by atoms with Gasteiger partial charge >= 0.3 is 0 Å². The number of rotatable bonds is 5. The molecule has 126 valence electrons. The average Bonchev–Trinajstić information content (AvgIpc) is 2.64. The highest BCUT2D eigenvalue weighted by atomic mass is 35.5. The number of amides is 1. The number of benzene rings is 2. The topological polar surface area (TPSA) is 54.0 Å². The number of hydrogen-bond acceptors (Lipinski definition) is 3. The molecule has 2 aromatic carbocycles. The molecule has 0 spiro atoms. The van der Waals surface area contributed by atoms with Gasteiger partial charge in [-0.2, -0.15) is 0 Å². The first-order valence-corrected chi connectivity index (χ1v) is 8.33. The van der Waals surface area contributed by atoms with Crippen molar-refractivity contribution in [2.75, 3.05) is 5.32 Å². The van der Waals surface area contributed by atoms with Crippen LogP contribution in [-0.2, 0) is 0 Å². The maximum Gasteiger partial charge on any atom is 0.253 e. The highest BCUT2D eigenvalue weighted by molar-refractivity contribution is 6.30. The van der Waals surface area contributed by atoms with Crippen LogP contribution in [0.1, 0.15) is 28.9 Å². The molecule has 1 amide bonds. The summed E-state index contributed by atoms with van der Waals surface area (Å²) < 4.78 is 0. The van der Waals surface area contributed by atoms with Crippen molar-refractivity contribution in [2.45, 2.75) is 13.0 Å². The maximum atomic E-state index is 12.5. The number of nitrogens with one attached hydrogen (secondary N) is 2. The van der Waals surface area contributed by atoms with Gasteiger partial charge < -0.3 is 10.6 Å². The molecular weight excluding hydrogens is 334 g/mol. The van der Waals surface area contributed by atoms with Gasteiger partial charge in [0.1, 0.15) is 0 Å². The third-order valence-electron chi connectivity index (χ3n) is 3.78. The Morgan fingerprint density at radius 3 is 2.44 bits per heavy atom. The zero-order chi connectivity index (χ0) is 17.6. The Hall–Kier alpha value is -2.85. The number of halogens is 1. The van der Waals surface area contributed by atoms with Crippen molar-refractivity contribution in [2.24, 2.45) is 0 Å². The lowest BCUT2D eigenvalue weighted by molar-refractivity contribution is 0.0939. The molecule has 2 N–H and O–H groups in total. The van der Waals surface area contributed by atoms with E-state index in [9.17, 15) is 4.79 Å². The number of carbonyl (C=O) groups is 1. The van der Waals surface area contributed by atoms with Gasteiger partial charge in [-0.25, -0.2) is 0 Å². The van der Waals surface area contributed by atoms with E-state index in [-0.39, 0.29) is 11.9 Å². The third kappa shape index (κ3) is 4.58. The predicted octanol–water partition coefficient (Wildman–Crippen LogP) is 4.97. The van der Waals surface area contributed by atoms with Crippen LogP contribution in [0.3, 0.4) is 0 Å². The van der Waals surface area contributed by atoms with Gasteiger partial charge in [-0.05, 0) is 42.8 Å². The SMILES string of the molecule is CC(NC(=O)c1cncc(Nc2ccc(Cl)cc2)c1)c1ccccc1. The van der Waals surface area contributed by atoms with Crippen LogP contribution in [-0.4, -0.2) is 10.9 Å². The van der Waals surface area contributed by atoms with Crippen molar-refractivity contribution in [3.63, 3.8) is 0 Å². The molecule has 0 aliphatic rings. The van der Waals surface area contributed by atoms with Crippen molar-refractivity contribution in [1.82, 2.24) is 10.3 Å². The lowest BCUT2D eigenvalue weighted by Crippen LogP contribution is -2.26. The van der Waals surface area contributed by atoms with Crippen molar-refractivity contribution in [3.05, 3.63) is 89.2 Å². The first-order chi connectivity index (χ1) is 12.1. The summed E-state index contributed by atoms with van der Waals surface area (Å²) in [7, 11) is 0. The van der Waals surface area contributed by atoms with Gasteiger partial charge in [-0.15, -0.1) is 0 Å². The third-order valence-corrected chi connectivity index (χ3v) is 4.03. The molecule has 4 nitrogen and oxygen atoms in total. The van der Waals surface area contributed by atoms with Crippen LogP contribution in [0, 0.1) is 0 Å². The van der Waals surface area contributed by atoms with E-state index in [1.807, 2.05) is 49.4 Å². The van der Waals surface area contributed by atoms with Gasteiger partial charge in [0, 0.05) is 16.9 Å². The fourth-order valence-corrected chi connectivity index (χ4v) is 2.56. The summed E-state index contributed by atoms with van der Waals surface area (Å²) >= 11 is 5.89. The first-order valence-electron chi connectivity index (χ1n) is 7.95. The number of carbonyl (C=O) groups excluding carboxylic acids is 1. The normalized spacial score (nSPS) is 11.6. The highest BCUT2D eigenvalue weighted by Crippen LogP contribution is 2.19. The van der Waals surface area contributed by atoms with Crippen LogP contribution in [0.2, 0.25) is 5.02 Å². The molecule has 0 aliphatic heterocycles. The summed E-state index contributed by atoms with van der Waals surface area (Å²) in [6.07, 6.45) is 3.23. The van der Waals surface area contributed by atoms with Gasteiger partial charge in [0.25, 0.3) is 5.91 Å². The molecule has 0 bridgehead atoms. The molecule has 0 fully saturated rings. The Morgan fingerprint density at radius 1 is 1.00 bits per heavy atom. The van der Waals surface area contributed by atoms with Crippen LogP contribution in [0.25, 0.3) is 0 Å². The molecular formula is C20H18ClN3O. The van der Waals surface area contributed by atoms with Crippen LogP contribution < -0.4 is 10.6 Å². The Morgan fingerprint density at radius 2 is 1.72 bits per heavy atom. The van der Waals surface area contributed by atoms with E-state index in [0.717, 1.165) is 16.9 Å². The second-order valence-corrected chi connectivity index (χ2v) is 6.14. The van der Waals surface area contributed by atoms with Gasteiger partial charge in [0.05, 0.1) is 23.5 Å². The average molecular weight is 352 g/mol. The smallest absolute Gasteiger partial charge is 0.253 e. The van der Waals surface area contributed by atoms with Gasteiger partial charge in [0.2, 0.25) is 0 Å². The lowest BCUT2D eigenvalue weighted by Gasteiger charge is -2.14. The van der Waals surface area contributed by atoms with Gasteiger partial charge in [-0.3, -0.25) is 9.78 Å². The Kier molecular flexibility index (Phi) is 5.31. The van der Waals surface area contributed by atoms with E-state index in [1.165, 1.54) is 0 Å². The van der Waals surface area contributed by atoms with E-state index < -0.39 is 0 Å². The molecule has 3 aromatic rings. The number of aromatic nitrogens is 1. The first kappa shape index (κ1) is 17.0. The summed E-state index contributed by atoms with van der Waals surface area (Å²) in [5, 5.41) is 6.87. The van der Waals surface area contributed by atoms with Crippen LogP contribution >= 0.6 is 11.6 Å². The Labute approximate surface area is 151 Å². The summed E-state index contributed by atoms with van der Waals surface area (Å²) in [5.41, 5.74) is 3.17. The molecule has 1 aromatic heterocycles. The molecule has 0 saturated carbocycles. The van der Waals surface area contributed by atoms with E-state index >= 15 is 0 Å². The maximum absolute atomic E-state index is 12.5. The number of hydrogen-bond donors (Lipinski definition) is 2. The Balaban J connectivity index is 1.70. The molecule has 1 heterocycles. The summed E-state index contributed by atoms with van der Waals surface area (Å²) in [5.74, 6) is -0.163. The number of pyridine rings is 1. The molecule has 3 rings (SSSR count). The largest absolute Gasteiger partial charge is 0.354 e. The Bertz CT molecular complexity index is 850. The molecule has 25 heavy (non-hydrogen) atoms. The van der Waals surface area contributed by atoms with E-state index in [1.54, 1.807) is 30.6 Å². The molecule has 0 saturated heterocycles. The van der Waals surface area contributed by atoms with Gasteiger partial charge in [0.15, 0.2) is 0 Å². The van der Waals surface area contributed by atoms with Crippen molar-refractivity contribution < 1.29 is 4.79 Å².